The number of carbonyl (C=O) groups is 2. The smallest absolute Gasteiger partial charge is 0.349 e. The molecule has 0 fully saturated rings. The monoisotopic (exact) mass is 474 g/mol. The van der Waals surface area contributed by atoms with Gasteiger partial charge in [-0.3, -0.25) is 4.79 Å². The Balaban J connectivity index is 1.51. The van der Waals surface area contributed by atoms with E-state index in [2.05, 4.69) is 15.4 Å². The molecule has 0 spiro atoms. The number of aryl methyl sites for hydroxylation is 1. The molecule has 1 N–H and O–H groups in total. The van der Waals surface area contributed by atoms with Gasteiger partial charge in [-0.15, -0.1) is 11.3 Å². The van der Waals surface area contributed by atoms with Crippen LogP contribution in [0.1, 0.15) is 22.3 Å². The van der Waals surface area contributed by atoms with Gasteiger partial charge in [0.25, 0.3) is 5.91 Å². The SMILES string of the molecule is Cc1nn(-c2ccccc2)c2sc(C(=O)OC(C)C(=O)Nc3ncc(Cl)cc3Cl)cc12. The Labute approximate surface area is 191 Å². The summed E-state index contributed by atoms with van der Waals surface area (Å²) >= 11 is 13.1. The summed E-state index contributed by atoms with van der Waals surface area (Å²) < 4.78 is 7.14. The van der Waals surface area contributed by atoms with Gasteiger partial charge in [0, 0.05) is 11.6 Å². The number of carbonyl (C=O) groups excluding carboxylic acids is 2. The number of para-hydroxylation sites is 1. The lowest BCUT2D eigenvalue weighted by Gasteiger charge is -2.13. The van der Waals surface area contributed by atoms with Crippen molar-refractivity contribution in [3.63, 3.8) is 0 Å². The number of amides is 1. The highest BCUT2D eigenvalue weighted by atomic mass is 35.5. The topological polar surface area (TPSA) is 86.1 Å². The normalized spacial score (nSPS) is 12.0. The fourth-order valence-corrected chi connectivity index (χ4v) is 4.38. The average Bonchev–Trinajstić information content (AvgIpc) is 3.31. The first-order chi connectivity index (χ1) is 14.8. The molecule has 0 saturated carbocycles. The first-order valence-corrected chi connectivity index (χ1v) is 10.8. The van der Waals surface area contributed by atoms with Crippen LogP contribution in [0.15, 0.2) is 48.7 Å². The van der Waals surface area contributed by atoms with Gasteiger partial charge in [-0.25, -0.2) is 14.5 Å². The van der Waals surface area contributed by atoms with Gasteiger partial charge in [-0.2, -0.15) is 5.10 Å². The van der Waals surface area contributed by atoms with Crippen LogP contribution >= 0.6 is 34.5 Å². The second-order valence-corrected chi connectivity index (χ2v) is 8.56. The molecule has 0 aliphatic carbocycles. The van der Waals surface area contributed by atoms with Crippen molar-refractivity contribution >= 4 is 62.4 Å². The second-order valence-electron chi connectivity index (χ2n) is 6.68. The number of nitrogens with one attached hydrogen (secondary N) is 1. The molecular weight excluding hydrogens is 459 g/mol. The molecule has 3 heterocycles. The third-order valence-electron chi connectivity index (χ3n) is 4.45. The van der Waals surface area contributed by atoms with Crippen molar-refractivity contribution in [3.8, 4) is 5.69 Å². The lowest BCUT2D eigenvalue weighted by Crippen LogP contribution is -2.30. The maximum absolute atomic E-state index is 12.7. The van der Waals surface area contributed by atoms with E-state index in [0.717, 1.165) is 21.6 Å². The highest BCUT2D eigenvalue weighted by Crippen LogP contribution is 2.31. The molecule has 0 saturated heterocycles. The number of hydrogen-bond donors (Lipinski definition) is 1. The molecule has 1 aromatic carbocycles. The minimum atomic E-state index is -1.06. The van der Waals surface area contributed by atoms with Crippen molar-refractivity contribution in [3.05, 3.63) is 69.3 Å². The van der Waals surface area contributed by atoms with Crippen LogP contribution in [-0.4, -0.2) is 32.7 Å². The number of nitrogens with zero attached hydrogens (tertiary/aromatic N) is 3. The number of rotatable bonds is 5. The van der Waals surface area contributed by atoms with Gasteiger partial charge >= 0.3 is 5.97 Å². The number of benzene rings is 1. The zero-order valence-corrected chi connectivity index (χ0v) is 18.8. The van der Waals surface area contributed by atoms with Crippen molar-refractivity contribution in [1.29, 1.82) is 0 Å². The number of anilines is 1. The first kappa shape index (κ1) is 21.3. The Hall–Kier alpha value is -2.94. The van der Waals surface area contributed by atoms with Crippen LogP contribution < -0.4 is 5.32 Å². The van der Waals surface area contributed by atoms with E-state index in [9.17, 15) is 9.59 Å². The van der Waals surface area contributed by atoms with Gasteiger partial charge in [0.2, 0.25) is 0 Å². The Morgan fingerprint density at radius 2 is 1.94 bits per heavy atom. The highest BCUT2D eigenvalue weighted by Gasteiger charge is 2.23. The molecule has 4 aromatic rings. The quantitative estimate of drug-likeness (QED) is 0.397. The van der Waals surface area contributed by atoms with Gasteiger partial charge < -0.3 is 10.1 Å². The number of halogens is 2. The molecule has 0 radical (unpaired) electrons. The fraction of sp³-hybridized carbons (Fsp3) is 0.143. The van der Waals surface area contributed by atoms with Gasteiger partial charge in [0.1, 0.15) is 9.71 Å². The summed E-state index contributed by atoms with van der Waals surface area (Å²) in [4.78, 5) is 30.2. The molecule has 7 nitrogen and oxygen atoms in total. The van der Waals surface area contributed by atoms with Gasteiger partial charge in [0.05, 0.1) is 21.4 Å². The molecule has 31 heavy (non-hydrogen) atoms. The van der Waals surface area contributed by atoms with Gasteiger partial charge in [-0.05, 0) is 38.1 Å². The van der Waals surface area contributed by atoms with E-state index in [0.29, 0.717) is 9.90 Å². The average molecular weight is 475 g/mol. The largest absolute Gasteiger partial charge is 0.448 e. The van der Waals surface area contributed by atoms with E-state index in [1.165, 1.54) is 30.5 Å². The Morgan fingerprint density at radius 1 is 1.19 bits per heavy atom. The molecule has 0 bridgehead atoms. The lowest BCUT2D eigenvalue weighted by molar-refractivity contribution is -0.123. The standard InChI is InChI=1S/C21H16Cl2N4O3S/c1-11-15-9-17(31-20(15)27(26-11)14-6-4-3-5-7-14)21(29)30-12(2)19(28)25-18-16(23)8-13(22)10-24-18/h3-10,12H,1-2H3,(H,24,25,28). The molecular formula is C21H16Cl2N4O3S. The summed E-state index contributed by atoms with van der Waals surface area (Å²) in [7, 11) is 0. The van der Waals surface area contributed by atoms with E-state index in [-0.39, 0.29) is 10.8 Å². The fourth-order valence-electron chi connectivity index (χ4n) is 2.89. The summed E-state index contributed by atoms with van der Waals surface area (Å²) in [5.74, 6) is -1.02. The van der Waals surface area contributed by atoms with Crippen LogP contribution in [0.5, 0.6) is 0 Å². The van der Waals surface area contributed by atoms with Crippen LogP contribution in [0.4, 0.5) is 5.82 Å². The minimum Gasteiger partial charge on any atom is -0.448 e. The summed E-state index contributed by atoms with van der Waals surface area (Å²) in [5, 5.41) is 8.47. The number of aromatic nitrogens is 3. The summed E-state index contributed by atoms with van der Waals surface area (Å²) in [5.41, 5.74) is 1.69. The Bertz CT molecular complexity index is 1290. The maximum Gasteiger partial charge on any atom is 0.349 e. The number of hydrogen-bond acceptors (Lipinski definition) is 6. The number of fused-ring (bicyclic) bond motifs is 1. The highest BCUT2D eigenvalue weighted by molar-refractivity contribution is 7.20. The molecule has 4 rings (SSSR count). The van der Waals surface area contributed by atoms with E-state index in [1.807, 2.05) is 37.3 Å². The third kappa shape index (κ3) is 4.41. The zero-order chi connectivity index (χ0) is 22.1. The zero-order valence-electron chi connectivity index (χ0n) is 16.4. The van der Waals surface area contributed by atoms with Crippen LogP contribution in [0.3, 0.4) is 0 Å². The van der Waals surface area contributed by atoms with Gasteiger partial charge in [-0.1, -0.05) is 41.4 Å². The van der Waals surface area contributed by atoms with Gasteiger partial charge in [0.15, 0.2) is 11.9 Å². The molecule has 0 aliphatic heterocycles. The van der Waals surface area contributed by atoms with E-state index in [4.69, 9.17) is 27.9 Å². The van der Waals surface area contributed by atoms with Crippen LogP contribution in [-0.2, 0) is 9.53 Å². The molecule has 10 heteroatoms. The van der Waals surface area contributed by atoms with Crippen LogP contribution in [0.25, 0.3) is 15.9 Å². The molecule has 0 aliphatic rings. The second kappa shape index (κ2) is 8.66. The third-order valence-corrected chi connectivity index (χ3v) is 6.03. The summed E-state index contributed by atoms with van der Waals surface area (Å²) in [6.07, 6.45) is 0.299. The minimum absolute atomic E-state index is 0.138. The summed E-state index contributed by atoms with van der Waals surface area (Å²) in [6.45, 7) is 3.35. The van der Waals surface area contributed by atoms with Crippen molar-refractivity contribution in [2.45, 2.75) is 20.0 Å². The molecule has 1 atom stereocenters. The van der Waals surface area contributed by atoms with Crippen LogP contribution in [0, 0.1) is 6.92 Å². The van der Waals surface area contributed by atoms with Crippen molar-refractivity contribution in [2.24, 2.45) is 0 Å². The molecule has 1 unspecified atom stereocenters. The predicted molar refractivity (Wildman–Crippen MR) is 121 cm³/mol. The van der Waals surface area contributed by atoms with E-state index < -0.39 is 18.0 Å². The van der Waals surface area contributed by atoms with E-state index in [1.54, 1.807) is 10.7 Å². The van der Waals surface area contributed by atoms with Crippen molar-refractivity contribution < 1.29 is 14.3 Å². The number of thiophene rings is 1. The number of pyridine rings is 1. The Morgan fingerprint density at radius 3 is 2.65 bits per heavy atom. The molecule has 158 valence electrons. The summed E-state index contributed by atoms with van der Waals surface area (Å²) in [6, 6.07) is 12.8. The van der Waals surface area contributed by atoms with Crippen LogP contribution in [0.2, 0.25) is 10.0 Å². The number of ether oxygens (including phenoxy) is 1. The van der Waals surface area contributed by atoms with Crippen molar-refractivity contribution in [1.82, 2.24) is 14.8 Å². The Kier molecular flexibility index (Phi) is 5.95. The van der Waals surface area contributed by atoms with Crippen molar-refractivity contribution in [2.75, 3.05) is 5.32 Å². The number of esters is 1. The molecule has 1 amide bonds. The predicted octanol–water partition coefficient (Wildman–Crippen LogP) is 5.28. The first-order valence-electron chi connectivity index (χ1n) is 9.21. The maximum atomic E-state index is 12.7. The lowest BCUT2D eigenvalue weighted by atomic mass is 10.3. The molecule has 3 aromatic heterocycles. The van der Waals surface area contributed by atoms with E-state index >= 15 is 0 Å².